The number of methoxy groups -OCH3 is 1. The van der Waals surface area contributed by atoms with E-state index >= 15 is 0 Å². The Bertz CT molecular complexity index is 714. The number of nitrogens with one attached hydrogen (secondary N) is 1. The highest BCUT2D eigenvalue weighted by Gasteiger charge is 2.61. The van der Waals surface area contributed by atoms with E-state index in [1.165, 1.54) is 7.11 Å². The van der Waals surface area contributed by atoms with Gasteiger partial charge in [0.05, 0.1) is 36.7 Å². The molecular weight excluding hydrogens is 300 g/mol. The van der Waals surface area contributed by atoms with Gasteiger partial charge in [0.2, 0.25) is 0 Å². The molecule has 2 saturated heterocycles. The highest BCUT2D eigenvalue weighted by Crippen LogP contribution is 2.44. The zero-order valence-electron chi connectivity index (χ0n) is 12.3. The fraction of sp³-hybridized carbons (Fsp3) is 0.312. The van der Waals surface area contributed by atoms with Crippen LogP contribution in [-0.4, -0.2) is 42.0 Å². The Balaban J connectivity index is 1.57. The van der Waals surface area contributed by atoms with Crippen molar-refractivity contribution in [2.75, 3.05) is 7.11 Å². The molecule has 4 atom stereocenters. The van der Waals surface area contributed by atoms with Gasteiger partial charge in [-0.25, -0.2) is 0 Å². The molecule has 1 aromatic rings. The second-order valence-corrected chi connectivity index (χ2v) is 5.65. The highest BCUT2D eigenvalue weighted by atomic mass is 16.5. The molecule has 2 fully saturated rings. The van der Waals surface area contributed by atoms with Crippen molar-refractivity contribution >= 4 is 17.7 Å². The molecular formula is C16H14N2O5. The summed E-state index contributed by atoms with van der Waals surface area (Å²) in [4.78, 5) is 37.3. The third kappa shape index (κ3) is 1.90. The molecule has 7 heteroatoms. The Morgan fingerprint density at radius 2 is 1.74 bits per heavy atom. The van der Waals surface area contributed by atoms with Crippen molar-refractivity contribution in [3.63, 3.8) is 0 Å². The largest absolute Gasteiger partial charge is 0.496 e. The van der Waals surface area contributed by atoms with Gasteiger partial charge in [-0.1, -0.05) is 24.3 Å². The molecule has 1 aromatic carbocycles. The minimum Gasteiger partial charge on any atom is -0.496 e. The van der Waals surface area contributed by atoms with Crippen LogP contribution >= 0.6 is 0 Å². The topological polar surface area (TPSA) is 84.9 Å². The Labute approximate surface area is 131 Å². The number of imide groups is 1. The molecule has 0 spiro atoms. The second-order valence-electron chi connectivity index (χ2n) is 5.65. The number of ether oxygens (including phenoxy) is 2. The van der Waals surface area contributed by atoms with Crippen LogP contribution in [0.5, 0.6) is 5.75 Å². The van der Waals surface area contributed by atoms with Gasteiger partial charge in [-0.15, -0.1) is 0 Å². The molecule has 2 bridgehead atoms. The first-order valence-electron chi connectivity index (χ1n) is 7.27. The van der Waals surface area contributed by atoms with Crippen molar-refractivity contribution in [3.05, 3.63) is 42.0 Å². The molecule has 7 nitrogen and oxygen atoms in total. The average molecular weight is 314 g/mol. The molecule has 4 rings (SSSR count). The van der Waals surface area contributed by atoms with Crippen molar-refractivity contribution in [3.8, 4) is 5.75 Å². The second kappa shape index (κ2) is 4.92. The van der Waals surface area contributed by atoms with Gasteiger partial charge in [-0.2, -0.15) is 5.01 Å². The van der Waals surface area contributed by atoms with Crippen LogP contribution in [0.15, 0.2) is 36.4 Å². The van der Waals surface area contributed by atoms with E-state index < -0.39 is 29.6 Å². The number of nitrogens with zero attached hydrogens (tertiary/aromatic N) is 1. The molecule has 1 N–H and O–H groups in total. The molecule has 0 aliphatic carbocycles. The summed E-state index contributed by atoms with van der Waals surface area (Å²) in [5.41, 5.74) is 2.65. The van der Waals surface area contributed by atoms with Crippen LogP contribution in [0.4, 0.5) is 0 Å². The number of amides is 3. The number of hydrazine groups is 1. The van der Waals surface area contributed by atoms with Crippen LogP contribution < -0.4 is 10.2 Å². The molecule has 3 aliphatic heterocycles. The van der Waals surface area contributed by atoms with Crippen LogP contribution in [-0.2, 0) is 14.3 Å². The summed E-state index contributed by atoms with van der Waals surface area (Å²) >= 11 is 0. The van der Waals surface area contributed by atoms with Crippen molar-refractivity contribution < 1.29 is 23.9 Å². The van der Waals surface area contributed by atoms with Crippen molar-refractivity contribution in [2.24, 2.45) is 11.8 Å². The number of carbonyl (C=O) groups is 3. The van der Waals surface area contributed by atoms with Gasteiger partial charge in [0, 0.05) is 0 Å². The maximum Gasteiger partial charge on any atom is 0.274 e. The average Bonchev–Trinajstić information content (AvgIpc) is 3.24. The molecule has 3 aliphatic rings. The molecule has 23 heavy (non-hydrogen) atoms. The lowest BCUT2D eigenvalue weighted by Crippen LogP contribution is -2.48. The van der Waals surface area contributed by atoms with E-state index in [1.54, 1.807) is 36.4 Å². The number of hydrogen-bond acceptors (Lipinski definition) is 5. The maximum absolute atomic E-state index is 12.5. The van der Waals surface area contributed by atoms with Crippen molar-refractivity contribution in [1.29, 1.82) is 0 Å². The van der Waals surface area contributed by atoms with E-state index in [0.29, 0.717) is 5.75 Å². The summed E-state index contributed by atoms with van der Waals surface area (Å²) < 4.78 is 10.7. The zero-order valence-corrected chi connectivity index (χ0v) is 12.3. The lowest BCUT2D eigenvalue weighted by molar-refractivity contribution is -0.145. The summed E-state index contributed by atoms with van der Waals surface area (Å²) in [5, 5.41) is 0.819. The quantitative estimate of drug-likeness (QED) is 0.640. The van der Waals surface area contributed by atoms with Crippen molar-refractivity contribution in [2.45, 2.75) is 12.2 Å². The standard InChI is InChI=1S/C16H14N2O5/c1-22-9-5-3-2-4-8(9)14(19)17-18-15(20)12-10-6-7-11(23-10)13(12)16(18)21/h2-7,10-13H,1H3,(H,17,19)/t10-,11-,12-,13+/m1/s1. The SMILES string of the molecule is COc1ccccc1C(=O)NN1C(=O)[C@@H]2[C@H](C1=O)[C@H]1C=C[C@H]2O1. The van der Waals surface area contributed by atoms with Crippen LogP contribution in [0.1, 0.15) is 10.4 Å². The zero-order chi connectivity index (χ0) is 16.1. The predicted molar refractivity (Wildman–Crippen MR) is 77.1 cm³/mol. The molecule has 0 radical (unpaired) electrons. The molecule has 0 unspecified atom stereocenters. The fourth-order valence-electron chi connectivity index (χ4n) is 3.41. The third-order valence-electron chi connectivity index (χ3n) is 4.48. The molecule has 0 aromatic heterocycles. The third-order valence-corrected chi connectivity index (χ3v) is 4.48. The Kier molecular flexibility index (Phi) is 2.99. The number of rotatable bonds is 3. The summed E-state index contributed by atoms with van der Waals surface area (Å²) in [6, 6.07) is 6.61. The van der Waals surface area contributed by atoms with E-state index in [4.69, 9.17) is 9.47 Å². The van der Waals surface area contributed by atoms with E-state index in [2.05, 4.69) is 5.43 Å². The van der Waals surface area contributed by atoms with Gasteiger partial charge in [-0.3, -0.25) is 19.8 Å². The number of benzene rings is 1. The van der Waals surface area contributed by atoms with Gasteiger partial charge in [0.25, 0.3) is 17.7 Å². The number of carbonyl (C=O) groups excluding carboxylic acids is 3. The Morgan fingerprint density at radius 3 is 2.35 bits per heavy atom. The maximum atomic E-state index is 12.5. The first-order chi connectivity index (χ1) is 11.1. The van der Waals surface area contributed by atoms with E-state index in [9.17, 15) is 14.4 Å². The number of hydrogen-bond donors (Lipinski definition) is 1. The van der Waals surface area contributed by atoms with Gasteiger partial charge < -0.3 is 9.47 Å². The Hall–Kier alpha value is -2.67. The molecule has 3 amide bonds. The first kappa shape index (κ1) is 14.0. The van der Waals surface area contributed by atoms with Crippen LogP contribution in [0.25, 0.3) is 0 Å². The lowest BCUT2D eigenvalue weighted by Gasteiger charge is -2.18. The van der Waals surface area contributed by atoms with Crippen LogP contribution in [0.3, 0.4) is 0 Å². The van der Waals surface area contributed by atoms with Crippen molar-refractivity contribution in [1.82, 2.24) is 10.4 Å². The fourth-order valence-corrected chi connectivity index (χ4v) is 3.41. The monoisotopic (exact) mass is 314 g/mol. The van der Waals surface area contributed by atoms with E-state index in [1.807, 2.05) is 0 Å². The molecule has 118 valence electrons. The summed E-state index contributed by atoms with van der Waals surface area (Å²) in [6.45, 7) is 0. The number of para-hydroxylation sites is 1. The smallest absolute Gasteiger partial charge is 0.274 e. The summed E-state index contributed by atoms with van der Waals surface area (Å²) in [7, 11) is 1.45. The number of fused-ring (bicyclic) bond motifs is 5. The summed E-state index contributed by atoms with van der Waals surface area (Å²) in [6.07, 6.45) is 2.83. The van der Waals surface area contributed by atoms with Gasteiger partial charge in [0.15, 0.2) is 0 Å². The minimum absolute atomic E-state index is 0.255. The lowest BCUT2D eigenvalue weighted by atomic mass is 9.85. The normalized spacial score (nSPS) is 30.7. The predicted octanol–water partition coefficient (Wildman–Crippen LogP) is 0.278. The molecule has 0 saturated carbocycles. The minimum atomic E-state index is -0.564. The summed E-state index contributed by atoms with van der Waals surface area (Å²) in [5.74, 6) is -2.15. The Morgan fingerprint density at radius 1 is 1.13 bits per heavy atom. The van der Waals surface area contributed by atoms with Crippen LogP contribution in [0.2, 0.25) is 0 Å². The highest BCUT2D eigenvalue weighted by molar-refractivity contribution is 6.09. The van der Waals surface area contributed by atoms with Gasteiger partial charge in [-0.05, 0) is 12.1 Å². The van der Waals surface area contributed by atoms with Gasteiger partial charge >= 0.3 is 0 Å². The molecule has 3 heterocycles. The van der Waals surface area contributed by atoms with Gasteiger partial charge in [0.1, 0.15) is 5.75 Å². The van der Waals surface area contributed by atoms with Crippen LogP contribution in [0, 0.1) is 11.8 Å². The van der Waals surface area contributed by atoms with E-state index in [-0.39, 0.29) is 17.8 Å². The first-order valence-corrected chi connectivity index (χ1v) is 7.27. The van der Waals surface area contributed by atoms with E-state index in [0.717, 1.165) is 5.01 Å².